The molecule has 4 heteroatoms. The van der Waals surface area contributed by atoms with Gasteiger partial charge in [-0.15, -0.1) is 69.2 Å². The van der Waals surface area contributed by atoms with E-state index >= 15 is 0 Å². The SMILES string of the molecule is Cl.Cl.Pc1cc[c-](-c2ccccc2)c1-c1ccccc1.[Fe+2].c1cc[cH-]c1. The average Bonchev–Trinajstić information content (AvgIpc) is 3.29. The van der Waals surface area contributed by atoms with Crippen LogP contribution in [-0.2, 0) is 17.1 Å². The molecule has 0 radical (unpaired) electrons. The third-order valence-corrected chi connectivity index (χ3v) is 4.17. The van der Waals surface area contributed by atoms with E-state index in [1.165, 1.54) is 27.6 Å². The van der Waals surface area contributed by atoms with Gasteiger partial charge >= 0.3 is 17.1 Å². The van der Waals surface area contributed by atoms with E-state index in [2.05, 4.69) is 82.0 Å². The molecule has 4 aromatic carbocycles. The predicted octanol–water partition coefficient (Wildman–Crippen LogP) is 6.49. The van der Waals surface area contributed by atoms with E-state index in [4.69, 9.17) is 0 Å². The summed E-state index contributed by atoms with van der Waals surface area (Å²) in [6.07, 6.45) is 0. The molecule has 4 rings (SSSR count). The molecule has 0 nitrogen and oxygen atoms in total. The van der Waals surface area contributed by atoms with Crippen molar-refractivity contribution in [2.45, 2.75) is 0 Å². The smallest absolute Gasteiger partial charge is 0.214 e. The summed E-state index contributed by atoms with van der Waals surface area (Å²) < 4.78 is 0. The summed E-state index contributed by atoms with van der Waals surface area (Å²) in [6.45, 7) is 0. The zero-order valence-corrected chi connectivity index (χ0v) is 18.0. The molecule has 0 bridgehead atoms. The van der Waals surface area contributed by atoms with E-state index in [9.17, 15) is 0 Å². The molecular formula is C22H21Cl2FeP. The van der Waals surface area contributed by atoms with Gasteiger partial charge in [-0.25, -0.2) is 12.1 Å². The molecule has 0 aromatic heterocycles. The Kier molecular flexibility index (Phi) is 12.3. The third kappa shape index (κ3) is 6.44. The van der Waals surface area contributed by atoms with Gasteiger partial charge in [0.2, 0.25) is 0 Å². The first-order valence-electron chi connectivity index (χ1n) is 7.69. The van der Waals surface area contributed by atoms with Crippen molar-refractivity contribution in [2.75, 3.05) is 0 Å². The normalized spacial score (nSPS) is 8.81. The van der Waals surface area contributed by atoms with Crippen LogP contribution in [0.15, 0.2) is 103 Å². The zero-order chi connectivity index (χ0) is 15.9. The summed E-state index contributed by atoms with van der Waals surface area (Å²) in [5, 5.41) is 1.25. The maximum Gasteiger partial charge on any atom is 2.00 e. The van der Waals surface area contributed by atoms with Crippen LogP contribution in [0.2, 0.25) is 0 Å². The van der Waals surface area contributed by atoms with Gasteiger partial charge in [-0.05, 0) is 0 Å². The molecule has 0 fully saturated rings. The molecule has 0 amide bonds. The van der Waals surface area contributed by atoms with E-state index in [1.807, 2.05) is 30.3 Å². The topological polar surface area (TPSA) is 0 Å². The minimum Gasteiger partial charge on any atom is -0.214 e. The van der Waals surface area contributed by atoms with Crippen LogP contribution in [0.25, 0.3) is 22.3 Å². The predicted molar refractivity (Wildman–Crippen MR) is 119 cm³/mol. The van der Waals surface area contributed by atoms with Crippen molar-refractivity contribution in [2.24, 2.45) is 0 Å². The molecule has 0 N–H and O–H groups in total. The maximum absolute atomic E-state index is 2.83. The van der Waals surface area contributed by atoms with E-state index in [-0.39, 0.29) is 41.9 Å². The van der Waals surface area contributed by atoms with E-state index in [1.54, 1.807) is 0 Å². The van der Waals surface area contributed by atoms with Gasteiger partial charge in [0, 0.05) is 0 Å². The molecule has 0 aliphatic heterocycles. The minimum absolute atomic E-state index is 0. The Labute approximate surface area is 181 Å². The Morgan fingerprint density at radius 3 is 1.73 bits per heavy atom. The zero-order valence-electron chi connectivity index (χ0n) is 14.1. The largest absolute Gasteiger partial charge is 2.00 e. The molecule has 0 saturated heterocycles. The number of hydrogen-bond donors (Lipinski definition) is 0. The summed E-state index contributed by atoms with van der Waals surface area (Å²) in [7, 11) is 2.83. The molecule has 1 unspecified atom stereocenters. The number of benzene rings is 2. The number of halogens is 2. The fourth-order valence-electron chi connectivity index (χ4n) is 2.60. The van der Waals surface area contributed by atoms with Crippen LogP contribution < -0.4 is 5.30 Å². The molecule has 0 spiro atoms. The van der Waals surface area contributed by atoms with Crippen LogP contribution in [0.1, 0.15) is 0 Å². The van der Waals surface area contributed by atoms with Gasteiger partial charge in [-0.3, -0.25) is 0 Å². The van der Waals surface area contributed by atoms with Crippen LogP contribution in [0.3, 0.4) is 0 Å². The molecular weight excluding hydrogens is 422 g/mol. The minimum atomic E-state index is 0. The molecule has 136 valence electrons. The fraction of sp³-hybridized carbons (Fsp3) is 0. The van der Waals surface area contributed by atoms with Crippen LogP contribution in [0.5, 0.6) is 0 Å². The van der Waals surface area contributed by atoms with Gasteiger partial charge in [0.25, 0.3) is 0 Å². The summed E-state index contributed by atoms with van der Waals surface area (Å²) in [5.41, 5.74) is 5.15. The van der Waals surface area contributed by atoms with E-state index in [0.29, 0.717) is 0 Å². The van der Waals surface area contributed by atoms with Crippen molar-refractivity contribution in [1.29, 1.82) is 0 Å². The van der Waals surface area contributed by atoms with Crippen LogP contribution >= 0.6 is 34.1 Å². The fourth-order valence-corrected chi connectivity index (χ4v) is 3.02. The van der Waals surface area contributed by atoms with Crippen LogP contribution in [0, 0.1) is 0 Å². The Bertz CT molecular complexity index is 808. The summed E-state index contributed by atoms with van der Waals surface area (Å²) in [5.74, 6) is 0. The first-order valence-corrected chi connectivity index (χ1v) is 8.26. The first kappa shape index (κ1) is 24.7. The Morgan fingerprint density at radius 1 is 0.692 bits per heavy atom. The Morgan fingerprint density at radius 2 is 1.23 bits per heavy atom. The van der Waals surface area contributed by atoms with Gasteiger partial charge in [-0.2, -0.15) is 18.2 Å². The number of hydrogen-bond acceptors (Lipinski definition) is 0. The quantitative estimate of drug-likeness (QED) is 0.189. The monoisotopic (exact) mass is 442 g/mol. The van der Waals surface area contributed by atoms with Crippen molar-refractivity contribution in [3.63, 3.8) is 0 Å². The van der Waals surface area contributed by atoms with Crippen molar-refractivity contribution < 1.29 is 17.1 Å². The van der Waals surface area contributed by atoms with Gasteiger partial charge in [0.15, 0.2) is 0 Å². The van der Waals surface area contributed by atoms with E-state index in [0.717, 1.165) is 0 Å². The van der Waals surface area contributed by atoms with Crippen molar-refractivity contribution in [1.82, 2.24) is 0 Å². The Hall–Kier alpha value is -1.33. The standard InChI is InChI=1S/C17H14P.C5H5.2ClH.Fe/c18-16-12-11-15(13-7-3-1-4-8-13)17(16)14-9-5-2-6-10-14;1-2-4-5-3-1;;;/h1-12H,18H2;1-5H;2*1H;/q2*-1;;;+2. The van der Waals surface area contributed by atoms with Crippen LogP contribution in [-0.4, -0.2) is 0 Å². The Balaban J connectivity index is 0.000000685. The van der Waals surface area contributed by atoms with Gasteiger partial charge in [-0.1, -0.05) is 65.2 Å². The van der Waals surface area contributed by atoms with Crippen molar-refractivity contribution in [3.8, 4) is 22.3 Å². The molecule has 4 aromatic rings. The van der Waals surface area contributed by atoms with Gasteiger partial charge < -0.3 is 0 Å². The molecule has 0 heterocycles. The average molecular weight is 443 g/mol. The maximum atomic E-state index is 2.83. The molecule has 0 aliphatic carbocycles. The van der Waals surface area contributed by atoms with E-state index < -0.39 is 0 Å². The second-order valence-corrected chi connectivity index (χ2v) is 5.89. The van der Waals surface area contributed by atoms with Gasteiger partial charge in [0.1, 0.15) is 0 Å². The summed E-state index contributed by atoms with van der Waals surface area (Å²) in [4.78, 5) is 0. The summed E-state index contributed by atoms with van der Waals surface area (Å²) in [6, 6.07) is 35.4. The van der Waals surface area contributed by atoms with Crippen molar-refractivity contribution in [3.05, 3.63) is 103 Å². The third-order valence-electron chi connectivity index (χ3n) is 3.69. The molecule has 0 aliphatic rings. The van der Waals surface area contributed by atoms with Crippen molar-refractivity contribution >= 4 is 39.4 Å². The summed E-state index contributed by atoms with van der Waals surface area (Å²) >= 11 is 0. The second kappa shape index (κ2) is 12.9. The second-order valence-electron chi connectivity index (χ2n) is 5.27. The molecule has 26 heavy (non-hydrogen) atoms. The first-order chi connectivity index (χ1) is 11.4. The van der Waals surface area contributed by atoms with Crippen LogP contribution in [0.4, 0.5) is 0 Å². The van der Waals surface area contributed by atoms with Gasteiger partial charge in [0.05, 0.1) is 0 Å². The molecule has 0 saturated carbocycles. The number of rotatable bonds is 2. The molecule has 1 atom stereocenters.